The highest BCUT2D eigenvalue weighted by Crippen LogP contribution is 2.68. The number of likely N-dealkylation sites (N-methyl/N-ethyl adjacent to an activating group) is 1. The van der Waals surface area contributed by atoms with Crippen LogP contribution in [0.1, 0.15) is 64.7 Å². The van der Waals surface area contributed by atoms with E-state index in [0.29, 0.717) is 24.2 Å². The van der Waals surface area contributed by atoms with E-state index in [1.807, 2.05) is 0 Å². The van der Waals surface area contributed by atoms with Gasteiger partial charge in [0.1, 0.15) is 5.78 Å². The lowest BCUT2D eigenvalue weighted by atomic mass is 9.49. The van der Waals surface area contributed by atoms with Crippen LogP contribution in [0.4, 0.5) is 0 Å². The molecule has 6 fully saturated rings. The Bertz CT molecular complexity index is 703. The van der Waals surface area contributed by atoms with Gasteiger partial charge in [0.2, 0.25) is 0 Å². The second-order valence-corrected chi connectivity index (χ2v) is 12.5. The van der Waals surface area contributed by atoms with Crippen LogP contribution < -0.4 is 0 Å². The standard InChI is InChI=1S/C26H42N2O2/c1-25-9-7-17-18-8-10-26(30)15-23(26)20(18)4-3-19(17)21(25)5-6-22(25)24(29)16-28-13-11-27(2)12-14-28/h17-23,30H,3-16H2,1-2H3/t17-,18-,19-,20-,21+,22-,23?,25+,26+/m1/s1. The van der Waals surface area contributed by atoms with Crippen molar-refractivity contribution in [3.63, 3.8) is 0 Å². The molecule has 1 unspecified atom stereocenters. The molecule has 4 nitrogen and oxygen atoms in total. The predicted octanol–water partition coefficient (Wildman–Crippen LogP) is 3.43. The summed E-state index contributed by atoms with van der Waals surface area (Å²) in [7, 11) is 2.19. The summed E-state index contributed by atoms with van der Waals surface area (Å²) in [5, 5.41) is 10.7. The molecule has 1 heterocycles. The lowest BCUT2D eigenvalue weighted by Crippen LogP contribution is -2.51. The number of nitrogens with zero attached hydrogens (tertiary/aromatic N) is 2. The molecule has 5 aliphatic carbocycles. The number of ketones is 1. The molecule has 1 N–H and O–H groups in total. The first-order valence-electron chi connectivity index (χ1n) is 13.0. The Morgan fingerprint density at radius 3 is 2.27 bits per heavy atom. The molecule has 1 aliphatic heterocycles. The molecular weight excluding hydrogens is 372 g/mol. The van der Waals surface area contributed by atoms with Gasteiger partial charge in [-0.2, -0.15) is 0 Å². The zero-order valence-electron chi connectivity index (χ0n) is 19.2. The summed E-state index contributed by atoms with van der Waals surface area (Å²) in [6, 6.07) is 0. The summed E-state index contributed by atoms with van der Waals surface area (Å²) in [6.45, 7) is 7.49. The molecule has 0 radical (unpaired) electrons. The highest BCUT2D eigenvalue weighted by Gasteiger charge is 2.65. The van der Waals surface area contributed by atoms with Gasteiger partial charge in [0.05, 0.1) is 12.1 Å². The molecule has 1 saturated heterocycles. The van der Waals surface area contributed by atoms with Crippen molar-refractivity contribution >= 4 is 5.78 Å². The van der Waals surface area contributed by atoms with Crippen molar-refractivity contribution in [2.75, 3.05) is 39.8 Å². The number of piperazine rings is 1. The second-order valence-electron chi connectivity index (χ2n) is 12.5. The predicted molar refractivity (Wildman–Crippen MR) is 118 cm³/mol. The Balaban J connectivity index is 1.14. The van der Waals surface area contributed by atoms with Gasteiger partial charge in [-0.25, -0.2) is 0 Å². The summed E-state index contributed by atoms with van der Waals surface area (Å²) >= 11 is 0. The summed E-state index contributed by atoms with van der Waals surface area (Å²) in [4.78, 5) is 18.2. The van der Waals surface area contributed by atoms with E-state index in [1.165, 1.54) is 38.5 Å². The molecule has 0 bridgehead atoms. The Labute approximate surface area is 182 Å². The molecule has 0 aromatic heterocycles. The average Bonchev–Trinajstić information content (AvgIpc) is 3.30. The van der Waals surface area contributed by atoms with Crippen LogP contribution in [0.25, 0.3) is 0 Å². The van der Waals surface area contributed by atoms with Crippen LogP contribution in [0.3, 0.4) is 0 Å². The smallest absolute Gasteiger partial charge is 0.150 e. The summed E-state index contributed by atoms with van der Waals surface area (Å²) in [5.41, 5.74) is -0.00202. The Morgan fingerprint density at radius 1 is 0.867 bits per heavy atom. The average molecular weight is 415 g/mol. The van der Waals surface area contributed by atoms with Crippen LogP contribution in [-0.2, 0) is 4.79 Å². The number of carbonyl (C=O) groups is 1. The van der Waals surface area contributed by atoms with E-state index < -0.39 is 0 Å². The maximum atomic E-state index is 13.4. The monoisotopic (exact) mass is 414 g/mol. The van der Waals surface area contributed by atoms with E-state index in [9.17, 15) is 9.90 Å². The van der Waals surface area contributed by atoms with Gasteiger partial charge in [0, 0.05) is 32.1 Å². The van der Waals surface area contributed by atoms with E-state index in [2.05, 4.69) is 23.8 Å². The summed E-state index contributed by atoms with van der Waals surface area (Å²) < 4.78 is 0. The molecule has 6 aliphatic rings. The molecule has 9 atom stereocenters. The molecular formula is C26H42N2O2. The first-order valence-corrected chi connectivity index (χ1v) is 13.0. The molecule has 0 amide bonds. The summed E-state index contributed by atoms with van der Waals surface area (Å²) in [5.74, 6) is 5.70. The van der Waals surface area contributed by atoms with Gasteiger partial charge in [0.25, 0.3) is 0 Å². The Morgan fingerprint density at radius 2 is 1.53 bits per heavy atom. The highest BCUT2D eigenvalue weighted by molar-refractivity contribution is 5.84. The Kier molecular flexibility index (Phi) is 4.72. The number of rotatable bonds is 3. The van der Waals surface area contributed by atoms with Crippen LogP contribution in [-0.4, -0.2) is 66.1 Å². The van der Waals surface area contributed by atoms with Gasteiger partial charge in [-0.05, 0) is 106 Å². The minimum Gasteiger partial charge on any atom is -0.390 e. The van der Waals surface area contributed by atoms with Crippen molar-refractivity contribution in [1.29, 1.82) is 0 Å². The number of fused-ring (bicyclic) bond motifs is 7. The van der Waals surface area contributed by atoms with Crippen molar-refractivity contribution in [2.24, 2.45) is 46.8 Å². The van der Waals surface area contributed by atoms with E-state index >= 15 is 0 Å². The highest BCUT2D eigenvalue weighted by atomic mass is 16.3. The summed E-state index contributed by atoms with van der Waals surface area (Å²) in [6.07, 6.45) is 11.2. The van der Waals surface area contributed by atoms with Crippen molar-refractivity contribution in [3.05, 3.63) is 0 Å². The molecule has 168 valence electrons. The minimum absolute atomic E-state index is 0.257. The first-order chi connectivity index (χ1) is 14.4. The number of Topliss-reactive ketones (excluding diaryl/α,β-unsaturated/α-hetero) is 1. The van der Waals surface area contributed by atoms with Crippen LogP contribution in [0.5, 0.6) is 0 Å². The molecule has 4 heteroatoms. The first kappa shape index (κ1) is 20.2. The fraction of sp³-hybridized carbons (Fsp3) is 0.962. The third-order valence-electron chi connectivity index (χ3n) is 11.3. The van der Waals surface area contributed by atoms with E-state index in [-0.39, 0.29) is 11.0 Å². The molecule has 5 saturated carbocycles. The van der Waals surface area contributed by atoms with E-state index in [0.717, 1.165) is 75.0 Å². The van der Waals surface area contributed by atoms with E-state index in [4.69, 9.17) is 0 Å². The van der Waals surface area contributed by atoms with Gasteiger partial charge >= 0.3 is 0 Å². The fourth-order valence-corrected chi connectivity index (χ4v) is 9.55. The maximum absolute atomic E-state index is 13.4. The van der Waals surface area contributed by atoms with Gasteiger partial charge < -0.3 is 10.0 Å². The quantitative estimate of drug-likeness (QED) is 0.768. The van der Waals surface area contributed by atoms with Crippen molar-refractivity contribution < 1.29 is 9.90 Å². The third kappa shape index (κ3) is 2.99. The van der Waals surface area contributed by atoms with Gasteiger partial charge in [0.15, 0.2) is 0 Å². The molecule has 0 aromatic carbocycles. The van der Waals surface area contributed by atoms with Crippen LogP contribution in [0.2, 0.25) is 0 Å². The van der Waals surface area contributed by atoms with Crippen molar-refractivity contribution in [1.82, 2.24) is 9.80 Å². The Hall–Kier alpha value is -0.450. The van der Waals surface area contributed by atoms with Crippen LogP contribution >= 0.6 is 0 Å². The third-order valence-corrected chi connectivity index (χ3v) is 11.3. The lowest BCUT2D eigenvalue weighted by Gasteiger charge is -2.56. The van der Waals surface area contributed by atoms with Gasteiger partial charge in [-0.15, -0.1) is 0 Å². The zero-order valence-corrected chi connectivity index (χ0v) is 19.2. The number of carbonyl (C=O) groups excluding carboxylic acids is 1. The molecule has 0 aromatic rings. The number of hydrogen-bond donors (Lipinski definition) is 1. The topological polar surface area (TPSA) is 43.8 Å². The van der Waals surface area contributed by atoms with Crippen LogP contribution in [0.15, 0.2) is 0 Å². The SMILES string of the molecule is CN1CCN(CC(=O)[C@H]2CC[C@H]3[C@@H]4CC[C@H]5C6C[C@@]6(O)CC[C@@H]5[C@H]4CC[C@]23C)CC1. The van der Waals surface area contributed by atoms with Crippen molar-refractivity contribution in [3.8, 4) is 0 Å². The van der Waals surface area contributed by atoms with Crippen molar-refractivity contribution in [2.45, 2.75) is 70.3 Å². The van der Waals surface area contributed by atoms with Gasteiger partial charge in [-0.1, -0.05) is 6.92 Å². The van der Waals surface area contributed by atoms with Gasteiger partial charge in [-0.3, -0.25) is 9.69 Å². The minimum atomic E-state index is -0.259. The zero-order chi connectivity index (χ0) is 20.7. The second kappa shape index (κ2) is 7.02. The molecule has 0 spiro atoms. The fourth-order valence-electron chi connectivity index (χ4n) is 9.55. The molecule has 30 heavy (non-hydrogen) atoms. The number of hydrogen-bond acceptors (Lipinski definition) is 4. The number of aliphatic hydroxyl groups is 1. The normalized spacial score (nSPS) is 53.4. The molecule has 6 rings (SSSR count). The largest absolute Gasteiger partial charge is 0.390 e. The van der Waals surface area contributed by atoms with Crippen LogP contribution in [0, 0.1) is 46.8 Å². The van der Waals surface area contributed by atoms with E-state index in [1.54, 1.807) is 0 Å². The maximum Gasteiger partial charge on any atom is 0.150 e. The lowest BCUT2D eigenvalue weighted by molar-refractivity contribution is -0.132.